The SMILES string of the molecule is CC(C)n1cc(NS(=O)(=O)c2cc(F)ccc2N)cn1. The highest BCUT2D eigenvalue weighted by Gasteiger charge is 2.19. The van der Waals surface area contributed by atoms with E-state index in [0.29, 0.717) is 5.69 Å². The number of sulfonamides is 1. The van der Waals surface area contributed by atoms with Crippen LogP contribution in [0.15, 0.2) is 35.5 Å². The maximum atomic E-state index is 13.2. The quantitative estimate of drug-likeness (QED) is 0.845. The molecule has 1 aromatic heterocycles. The molecule has 6 nitrogen and oxygen atoms in total. The Morgan fingerprint density at radius 3 is 2.70 bits per heavy atom. The molecule has 1 heterocycles. The molecule has 0 atom stereocenters. The van der Waals surface area contributed by atoms with Crippen LogP contribution in [0, 0.1) is 5.82 Å². The van der Waals surface area contributed by atoms with Crippen molar-refractivity contribution in [3.8, 4) is 0 Å². The number of rotatable bonds is 4. The third kappa shape index (κ3) is 2.90. The number of nitrogens with two attached hydrogens (primary N) is 1. The van der Waals surface area contributed by atoms with Gasteiger partial charge in [0.1, 0.15) is 10.7 Å². The zero-order chi connectivity index (χ0) is 14.9. The van der Waals surface area contributed by atoms with Crippen molar-refractivity contribution in [2.45, 2.75) is 24.8 Å². The molecule has 2 aromatic rings. The van der Waals surface area contributed by atoms with Gasteiger partial charge in [-0.3, -0.25) is 9.40 Å². The maximum Gasteiger partial charge on any atom is 0.264 e. The monoisotopic (exact) mass is 298 g/mol. The number of anilines is 2. The normalized spacial score (nSPS) is 11.8. The van der Waals surface area contributed by atoms with E-state index in [1.165, 1.54) is 12.3 Å². The van der Waals surface area contributed by atoms with E-state index >= 15 is 0 Å². The molecule has 2 rings (SSSR count). The molecule has 0 radical (unpaired) electrons. The molecule has 0 saturated heterocycles. The zero-order valence-electron chi connectivity index (χ0n) is 11.0. The average Bonchev–Trinajstić information content (AvgIpc) is 2.80. The van der Waals surface area contributed by atoms with Gasteiger partial charge in [-0.1, -0.05) is 0 Å². The van der Waals surface area contributed by atoms with Gasteiger partial charge >= 0.3 is 0 Å². The van der Waals surface area contributed by atoms with Crippen molar-refractivity contribution in [3.63, 3.8) is 0 Å². The van der Waals surface area contributed by atoms with E-state index in [9.17, 15) is 12.8 Å². The van der Waals surface area contributed by atoms with Gasteiger partial charge in [0.25, 0.3) is 10.0 Å². The molecule has 8 heteroatoms. The van der Waals surface area contributed by atoms with Crippen LogP contribution in [0.5, 0.6) is 0 Å². The Morgan fingerprint density at radius 1 is 1.40 bits per heavy atom. The number of benzene rings is 1. The fraction of sp³-hybridized carbons (Fsp3) is 0.250. The highest BCUT2D eigenvalue weighted by molar-refractivity contribution is 7.92. The first-order valence-corrected chi connectivity index (χ1v) is 7.40. The number of nitrogens with zero attached hydrogens (tertiary/aromatic N) is 2. The van der Waals surface area contributed by atoms with Gasteiger partial charge in [-0.2, -0.15) is 5.10 Å². The summed E-state index contributed by atoms with van der Waals surface area (Å²) in [7, 11) is -3.95. The van der Waals surface area contributed by atoms with Gasteiger partial charge in [-0.25, -0.2) is 12.8 Å². The molecule has 0 fully saturated rings. The lowest BCUT2D eigenvalue weighted by Crippen LogP contribution is -2.14. The van der Waals surface area contributed by atoms with Crippen LogP contribution in [0.2, 0.25) is 0 Å². The van der Waals surface area contributed by atoms with E-state index < -0.39 is 15.8 Å². The summed E-state index contributed by atoms with van der Waals surface area (Å²) in [6, 6.07) is 3.30. The van der Waals surface area contributed by atoms with Crippen LogP contribution in [0.3, 0.4) is 0 Å². The molecule has 20 heavy (non-hydrogen) atoms. The number of hydrogen-bond acceptors (Lipinski definition) is 4. The molecule has 0 saturated carbocycles. The van der Waals surface area contributed by atoms with Gasteiger partial charge in [-0.05, 0) is 32.0 Å². The van der Waals surface area contributed by atoms with E-state index in [1.54, 1.807) is 10.9 Å². The van der Waals surface area contributed by atoms with Gasteiger partial charge in [-0.15, -0.1) is 0 Å². The lowest BCUT2D eigenvalue weighted by Gasteiger charge is -2.08. The second kappa shape index (κ2) is 5.12. The summed E-state index contributed by atoms with van der Waals surface area (Å²) < 4.78 is 41.4. The van der Waals surface area contributed by atoms with Crippen molar-refractivity contribution in [3.05, 3.63) is 36.4 Å². The number of nitrogen functional groups attached to an aromatic ring is 1. The standard InChI is InChI=1S/C12H15FN4O2S/c1-8(2)17-7-10(6-15-17)16-20(18,19)12-5-9(13)3-4-11(12)14/h3-8,16H,14H2,1-2H3. The van der Waals surface area contributed by atoms with Crippen LogP contribution in [-0.4, -0.2) is 18.2 Å². The van der Waals surface area contributed by atoms with E-state index in [0.717, 1.165) is 12.1 Å². The lowest BCUT2D eigenvalue weighted by molar-refractivity contribution is 0.532. The molecular formula is C12H15FN4O2S. The van der Waals surface area contributed by atoms with Gasteiger partial charge in [0.15, 0.2) is 0 Å². The smallest absolute Gasteiger partial charge is 0.264 e. The lowest BCUT2D eigenvalue weighted by atomic mass is 10.3. The summed E-state index contributed by atoms with van der Waals surface area (Å²) in [5.74, 6) is -0.669. The van der Waals surface area contributed by atoms with Gasteiger partial charge in [0, 0.05) is 12.2 Å². The highest BCUT2D eigenvalue weighted by Crippen LogP contribution is 2.22. The second-order valence-corrected chi connectivity index (χ2v) is 6.24. The topological polar surface area (TPSA) is 90.0 Å². The Balaban J connectivity index is 2.33. The van der Waals surface area contributed by atoms with Crippen molar-refractivity contribution in [2.24, 2.45) is 0 Å². The third-order valence-electron chi connectivity index (χ3n) is 2.65. The Hall–Kier alpha value is -2.09. The van der Waals surface area contributed by atoms with Crippen LogP contribution < -0.4 is 10.5 Å². The summed E-state index contributed by atoms with van der Waals surface area (Å²) in [5, 5.41) is 4.02. The summed E-state index contributed by atoms with van der Waals surface area (Å²) >= 11 is 0. The van der Waals surface area contributed by atoms with Gasteiger partial charge in [0.05, 0.1) is 17.6 Å². The molecule has 0 amide bonds. The minimum absolute atomic E-state index is 0.0184. The fourth-order valence-corrected chi connectivity index (χ4v) is 2.80. The van der Waals surface area contributed by atoms with Gasteiger partial charge < -0.3 is 5.73 Å². The summed E-state index contributed by atoms with van der Waals surface area (Å²) in [5.41, 5.74) is 5.85. The number of hydrogen-bond donors (Lipinski definition) is 2. The minimum Gasteiger partial charge on any atom is -0.398 e. The summed E-state index contributed by atoms with van der Waals surface area (Å²) in [6.45, 7) is 3.83. The first-order valence-electron chi connectivity index (χ1n) is 5.91. The van der Waals surface area contributed by atoms with Crippen molar-refractivity contribution in [1.82, 2.24) is 9.78 Å². The van der Waals surface area contributed by atoms with Crippen LogP contribution in [0.25, 0.3) is 0 Å². The Kier molecular flexibility index (Phi) is 3.67. The molecule has 0 unspecified atom stereocenters. The number of nitrogens with one attached hydrogen (secondary N) is 1. The Labute approximate surface area is 116 Å². The van der Waals surface area contributed by atoms with Crippen LogP contribution >= 0.6 is 0 Å². The van der Waals surface area contributed by atoms with Crippen molar-refractivity contribution in [1.29, 1.82) is 0 Å². The molecule has 0 aliphatic heterocycles. The van der Waals surface area contributed by atoms with E-state index in [-0.39, 0.29) is 16.6 Å². The summed E-state index contributed by atoms with van der Waals surface area (Å²) in [6.07, 6.45) is 2.94. The fourth-order valence-electron chi connectivity index (χ4n) is 1.62. The first kappa shape index (κ1) is 14.3. The first-order chi connectivity index (χ1) is 9.29. The van der Waals surface area contributed by atoms with Gasteiger partial charge in [0.2, 0.25) is 0 Å². The molecule has 3 N–H and O–H groups in total. The second-order valence-electron chi connectivity index (χ2n) is 4.59. The van der Waals surface area contributed by atoms with E-state index in [2.05, 4.69) is 9.82 Å². The predicted molar refractivity (Wildman–Crippen MR) is 74.2 cm³/mol. The molecule has 0 spiro atoms. The average molecular weight is 298 g/mol. The number of halogens is 1. The maximum absolute atomic E-state index is 13.2. The van der Waals surface area contributed by atoms with Crippen molar-refractivity contribution >= 4 is 21.4 Å². The molecule has 1 aromatic carbocycles. The molecule has 0 aliphatic carbocycles. The predicted octanol–water partition coefficient (Wildman–Crippen LogP) is 1.99. The molecule has 108 valence electrons. The van der Waals surface area contributed by atoms with Crippen LogP contribution in [-0.2, 0) is 10.0 Å². The van der Waals surface area contributed by atoms with E-state index in [1.807, 2.05) is 13.8 Å². The third-order valence-corrected chi connectivity index (χ3v) is 4.08. The highest BCUT2D eigenvalue weighted by atomic mass is 32.2. The molecular weight excluding hydrogens is 283 g/mol. The summed E-state index contributed by atoms with van der Waals surface area (Å²) in [4.78, 5) is -0.296. The zero-order valence-corrected chi connectivity index (χ0v) is 11.9. The van der Waals surface area contributed by atoms with Crippen LogP contribution in [0.1, 0.15) is 19.9 Å². The Morgan fingerprint density at radius 2 is 2.10 bits per heavy atom. The van der Waals surface area contributed by atoms with Crippen LogP contribution in [0.4, 0.5) is 15.8 Å². The largest absolute Gasteiger partial charge is 0.398 e. The van der Waals surface area contributed by atoms with Crippen molar-refractivity contribution in [2.75, 3.05) is 10.5 Å². The molecule has 0 bridgehead atoms. The Bertz CT molecular complexity index is 725. The van der Waals surface area contributed by atoms with Crippen molar-refractivity contribution < 1.29 is 12.8 Å². The van der Waals surface area contributed by atoms with E-state index in [4.69, 9.17) is 5.73 Å². The minimum atomic E-state index is -3.95. The number of aromatic nitrogens is 2. The molecule has 0 aliphatic rings.